The molecule has 0 aliphatic rings. The van der Waals surface area contributed by atoms with Crippen molar-refractivity contribution in [2.75, 3.05) is 12.5 Å². The van der Waals surface area contributed by atoms with Crippen molar-refractivity contribution in [3.8, 4) is 39.4 Å². The zero-order chi connectivity index (χ0) is 34.3. The Morgan fingerprint density at radius 2 is 1.42 bits per heavy atom. The van der Waals surface area contributed by atoms with E-state index in [2.05, 4.69) is 4.98 Å². The van der Waals surface area contributed by atoms with Crippen LogP contribution in [0.25, 0.3) is 44.4 Å². The van der Waals surface area contributed by atoms with E-state index in [0.29, 0.717) is 22.7 Å². The Labute approximate surface area is 280 Å². The first-order valence-electron chi connectivity index (χ1n) is 15.1. The van der Waals surface area contributed by atoms with E-state index in [9.17, 15) is 21.2 Å². The summed E-state index contributed by atoms with van der Waals surface area (Å²) in [5.41, 5.74) is 6.62. The third-order valence-electron chi connectivity index (χ3n) is 8.54. The van der Waals surface area contributed by atoms with Crippen molar-refractivity contribution in [2.45, 2.75) is 30.1 Å². The SMILES string of the molecule is CC(C)(c1cc(-c2cccc(-c3ccc(OCc4ccc(F)cc4)nc3-c3ccc(S(C)(=O)=O)cc3)c2)c2ncccc2c1)S(C)(=O)=O. The molecule has 48 heavy (non-hydrogen) atoms. The van der Waals surface area contributed by atoms with Crippen molar-refractivity contribution >= 4 is 30.6 Å². The van der Waals surface area contributed by atoms with Crippen molar-refractivity contribution in [1.29, 1.82) is 0 Å². The summed E-state index contributed by atoms with van der Waals surface area (Å²) in [6.07, 6.45) is 4.11. The molecule has 0 saturated heterocycles. The zero-order valence-electron chi connectivity index (χ0n) is 26.8. The summed E-state index contributed by atoms with van der Waals surface area (Å²) in [4.78, 5) is 9.69. The Hall–Kier alpha value is -4.93. The van der Waals surface area contributed by atoms with Gasteiger partial charge >= 0.3 is 0 Å². The fourth-order valence-electron chi connectivity index (χ4n) is 5.40. The quantitative estimate of drug-likeness (QED) is 0.152. The minimum absolute atomic E-state index is 0.175. The molecule has 0 N–H and O–H groups in total. The molecule has 0 amide bonds. The molecule has 2 heterocycles. The van der Waals surface area contributed by atoms with Gasteiger partial charge in [-0.25, -0.2) is 26.2 Å². The maximum atomic E-state index is 13.4. The van der Waals surface area contributed by atoms with E-state index in [1.54, 1.807) is 62.5 Å². The summed E-state index contributed by atoms with van der Waals surface area (Å²) in [6, 6.07) is 31.5. The van der Waals surface area contributed by atoms with E-state index in [-0.39, 0.29) is 17.3 Å². The summed E-state index contributed by atoms with van der Waals surface area (Å²) in [7, 11) is -6.85. The molecule has 0 radical (unpaired) electrons. The van der Waals surface area contributed by atoms with Crippen LogP contribution >= 0.6 is 0 Å². The molecule has 6 rings (SSSR count). The molecule has 10 heteroatoms. The van der Waals surface area contributed by atoms with Crippen molar-refractivity contribution < 1.29 is 26.0 Å². The van der Waals surface area contributed by atoms with Crippen LogP contribution in [0.3, 0.4) is 0 Å². The first kappa shape index (κ1) is 33.0. The lowest BCUT2D eigenvalue weighted by molar-refractivity contribution is 0.294. The molecule has 7 nitrogen and oxygen atoms in total. The summed E-state index contributed by atoms with van der Waals surface area (Å²) in [5.74, 6) is 0.00483. The highest BCUT2D eigenvalue weighted by atomic mass is 32.2. The average molecular weight is 681 g/mol. The van der Waals surface area contributed by atoms with Crippen LogP contribution in [-0.2, 0) is 31.0 Å². The third kappa shape index (κ3) is 6.72. The Balaban J connectivity index is 1.48. The van der Waals surface area contributed by atoms with Gasteiger partial charge in [-0.15, -0.1) is 0 Å². The minimum atomic E-state index is -3.45. The number of halogens is 1. The molecular weight excluding hydrogens is 648 g/mol. The zero-order valence-corrected chi connectivity index (χ0v) is 28.4. The van der Waals surface area contributed by atoms with Crippen LogP contribution in [0.4, 0.5) is 4.39 Å². The minimum Gasteiger partial charge on any atom is -0.473 e. The number of hydrogen-bond acceptors (Lipinski definition) is 7. The second-order valence-electron chi connectivity index (χ2n) is 12.2. The Morgan fingerprint density at radius 3 is 2.08 bits per heavy atom. The fraction of sp³-hybridized carbons (Fsp3) is 0.158. The molecule has 4 aromatic carbocycles. The molecule has 0 aliphatic heterocycles. The van der Waals surface area contributed by atoms with E-state index in [1.165, 1.54) is 18.4 Å². The topological polar surface area (TPSA) is 103 Å². The van der Waals surface area contributed by atoms with Crippen LogP contribution in [0.15, 0.2) is 120 Å². The average Bonchev–Trinajstić information content (AvgIpc) is 3.06. The molecule has 0 saturated carbocycles. The predicted molar refractivity (Wildman–Crippen MR) is 188 cm³/mol. The smallest absolute Gasteiger partial charge is 0.214 e. The number of fused-ring (bicyclic) bond motifs is 1. The van der Waals surface area contributed by atoms with Gasteiger partial charge in [0.25, 0.3) is 0 Å². The molecule has 244 valence electrons. The van der Waals surface area contributed by atoms with Gasteiger partial charge in [-0.05, 0) is 90.7 Å². The molecule has 6 aromatic rings. The molecule has 0 bridgehead atoms. The van der Waals surface area contributed by atoms with Gasteiger partial charge in [0, 0.05) is 46.9 Å². The molecular formula is C38H33FN2O5S2. The predicted octanol–water partition coefficient (Wildman–Crippen LogP) is 8.03. The van der Waals surface area contributed by atoms with Crippen molar-refractivity contribution in [3.63, 3.8) is 0 Å². The van der Waals surface area contributed by atoms with Crippen LogP contribution in [0.5, 0.6) is 5.88 Å². The Bertz CT molecular complexity index is 2370. The van der Waals surface area contributed by atoms with E-state index in [1.807, 2.05) is 54.6 Å². The normalized spacial score (nSPS) is 12.3. The van der Waals surface area contributed by atoms with Crippen LogP contribution in [0.2, 0.25) is 0 Å². The highest BCUT2D eigenvalue weighted by Crippen LogP contribution is 2.39. The van der Waals surface area contributed by atoms with Gasteiger partial charge in [0.1, 0.15) is 12.4 Å². The molecule has 0 aliphatic carbocycles. The van der Waals surface area contributed by atoms with Gasteiger partial charge in [0.2, 0.25) is 5.88 Å². The molecule has 2 aromatic heterocycles. The van der Waals surface area contributed by atoms with Gasteiger partial charge in [0.15, 0.2) is 19.7 Å². The number of aromatic nitrogens is 2. The van der Waals surface area contributed by atoms with E-state index < -0.39 is 24.4 Å². The van der Waals surface area contributed by atoms with Crippen LogP contribution in [0.1, 0.15) is 25.0 Å². The highest BCUT2D eigenvalue weighted by molar-refractivity contribution is 7.91. The number of ether oxygens (including phenoxy) is 1. The fourth-order valence-corrected chi connectivity index (χ4v) is 6.58. The molecule has 0 spiro atoms. The number of nitrogens with zero attached hydrogens (tertiary/aromatic N) is 2. The summed E-state index contributed by atoms with van der Waals surface area (Å²) in [6.45, 7) is 3.58. The molecule has 0 fully saturated rings. The summed E-state index contributed by atoms with van der Waals surface area (Å²) in [5, 5.41) is 0.822. The van der Waals surface area contributed by atoms with Crippen molar-refractivity contribution in [3.05, 3.63) is 132 Å². The number of sulfone groups is 2. The van der Waals surface area contributed by atoms with Gasteiger partial charge in [-0.3, -0.25) is 4.98 Å². The number of pyridine rings is 2. The third-order valence-corrected chi connectivity index (χ3v) is 11.8. The van der Waals surface area contributed by atoms with Crippen molar-refractivity contribution in [2.24, 2.45) is 0 Å². The number of rotatable bonds is 9. The first-order valence-corrected chi connectivity index (χ1v) is 18.9. The first-order chi connectivity index (χ1) is 22.7. The van der Waals surface area contributed by atoms with Gasteiger partial charge < -0.3 is 4.74 Å². The summed E-state index contributed by atoms with van der Waals surface area (Å²) < 4.78 is 68.2. The maximum Gasteiger partial charge on any atom is 0.214 e. The molecule has 0 atom stereocenters. The van der Waals surface area contributed by atoms with Crippen molar-refractivity contribution in [1.82, 2.24) is 9.97 Å². The standard InChI is InChI=1S/C38H33FN2O5S2/c1-38(2,48(4,44)45)30-22-29-9-6-20-40-36(29)34(23-30)28-8-5-7-27(21-28)33-18-19-35(46-24-25-10-14-31(39)15-11-25)41-37(33)26-12-16-32(17-13-26)47(3,42)43/h5-23H,24H2,1-4H3. The number of benzene rings is 4. The Morgan fingerprint density at radius 1 is 0.729 bits per heavy atom. The largest absolute Gasteiger partial charge is 0.473 e. The van der Waals surface area contributed by atoms with Gasteiger partial charge in [-0.1, -0.05) is 48.5 Å². The lowest BCUT2D eigenvalue weighted by atomic mass is 9.91. The monoisotopic (exact) mass is 680 g/mol. The second-order valence-corrected chi connectivity index (χ2v) is 16.8. The highest BCUT2D eigenvalue weighted by Gasteiger charge is 2.33. The van der Waals surface area contributed by atoms with Gasteiger partial charge in [0.05, 0.1) is 20.9 Å². The van der Waals surface area contributed by atoms with E-state index in [0.717, 1.165) is 45.0 Å². The maximum absolute atomic E-state index is 13.4. The lowest BCUT2D eigenvalue weighted by Crippen LogP contribution is -2.28. The van der Waals surface area contributed by atoms with Crippen LogP contribution in [0, 0.1) is 5.82 Å². The lowest BCUT2D eigenvalue weighted by Gasteiger charge is -2.24. The summed E-state index contributed by atoms with van der Waals surface area (Å²) >= 11 is 0. The van der Waals surface area contributed by atoms with E-state index in [4.69, 9.17) is 9.72 Å². The van der Waals surface area contributed by atoms with E-state index >= 15 is 0 Å². The van der Waals surface area contributed by atoms with Crippen LogP contribution in [-0.4, -0.2) is 39.3 Å². The van der Waals surface area contributed by atoms with Gasteiger partial charge in [-0.2, -0.15) is 0 Å². The second kappa shape index (κ2) is 12.6. The van der Waals surface area contributed by atoms with Crippen LogP contribution < -0.4 is 4.74 Å². The molecule has 0 unspecified atom stereocenters. The number of hydrogen-bond donors (Lipinski definition) is 0. The Kier molecular flexibility index (Phi) is 8.65.